The van der Waals surface area contributed by atoms with Crippen molar-refractivity contribution >= 4 is 40.5 Å². The van der Waals surface area contributed by atoms with Crippen molar-refractivity contribution in [3.8, 4) is 0 Å². The Kier molecular flexibility index (Phi) is 5.24. The van der Waals surface area contributed by atoms with Gasteiger partial charge in [0.05, 0.1) is 10.7 Å². The summed E-state index contributed by atoms with van der Waals surface area (Å²) in [4.78, 5) is 23.5. The molecule has 0 radical (unpaired) electrons. The molecule has 1 amide bonds. The molecule has 1 heterocycles. The van der Waals surface area contributed by atoms with Crippen LogP contribution in [0.5, 0.6) is 0 Å². The number of Topliss-reactive ketones (excluding diaryl/α,β-unsaturated/α-hetero) is 1. The molecule has 0 bridgehead atoms. The molecule has 2 N–H and O–H groups in total. The number of benzene rings is 2. The minimum Gasteiger partial charge on any atom is -0.338 e. The summed E-state index contributed by atoms with van der Waals surface area (Å²) < 4.78 is 0. The third kappa shape index (κ3) is 4.23. The molecule has 0 aliphatic rings. The van der Waals surface area contributed by atoms with E-state index in [-0.39, 0.29) is 11.5 Å². The van der Waals surface area contributed by atoms with Crippen LogP contribution in [0.15, 0.2) is 60.7 Å². The van der Waals surface area contributed by atoms with E-state index < -0.39 is 5.91 Å². The minimum absolute atomic E-state index is 0.0321. The fourth-order valence-electron chi connectivity index (χ4n) is 2.20. The molecule has 0 spiro atoms. The molecular weight excluding hydrogens is 352 g/mol. The van der Waals surface area contributed by atoms with Crippen molar-refractivity contribution in [2.45, 2.75) is 6.92 Å². The largest absolute Gasteiger partial charge is 0.338 e. The molecule has 0 aliphatic heterocycles. The number of para-hydroxylation sites is 1. The molecule has 0 fully saturated rings. The van der Waals surface area contributed by atoms with Crippen molar-refractivity contribution in [2.75, 3.05) is 10.6 Å². The highest BCUT2D eigenvalue weighted by Crippen LogP contribution is 2.23. The van der Waals surface area contributed by atoms with E-state index in [0.717, 1.165) is 0 Å². The summed E-state index contributed by atoms with van der Waals surface area (Å²) >= 11 is 6.08. The van der Waals surface area contributed by atoms with Crippen LogP contribution in [0.1, 0.15) is 27.8 Å². The first-order valence-electron chi connectivity index (χ1n) is 7.80. The van der Waals surface area contributed by atoms with Gasteiger partial charge < -0.3 is 10.6 Å². The van der Waals surface area contributed by atoms with E-state index in [4.69, 9.17) is 11.6 Å². The van der Waals surface area contributed by atoms with Gasteiger partial charge in [-0.2, -0.15) is 0 Å². The van der Waals surface area contributed by atoms with E-state index in [1.165, 1.54) is 6.92 Å². The van der Waals surface area contributed by atoms with Crippen molar-refractivity contribution in [1.82, 2.24) is 10.2 Å². The zero-order valence-corrected chi connectivity index (χ0v) is 14.6. The monoisotopic (exact) mass is 366 g/mol. The summed E-state index contributed by atoms with van der Waals surface area (Å²) in [5, 5.41) is 14.2. The number of hydrogen-bond donors (Lipinski definition) is 2. The van der Waals surface area contributed by atoms with Crippen LogP contribution in [0.25, 0.3) is 0 Å². The van der Waals surface area contributed by atoms with E-state index >= 15 is 0 Å². The highest BCUT2D eigenvalue weighted by Gasteiger charge is 2.10. The first-order chi connectivity index (χ1) is 12.5. The SMILES string of the molecule is CC(=O)c1ccc(NC(=O)c2ccc(Nc3ccccc3Cl)nn2)cc1. The first kappa shape index (κ1) is 17.6. The molecule has 3 aromatic rings. The Morgan fingerprint density at radius 1 is 0.923 bits per heavy atom. The maximum Gasteiger partial charge on any atom is 0.276 e. The minimum atomic E-state index is -0.391. The Hall–Kier alpha value is -3.25. The lowest BCUT2D eigenvalue weighted by Crippen LogP contribution is -2.14. The number of amides is 1. The topological polar surface area (TPSA) is 84.0 Å². The number of nitrogens with zero attached hydrogens (tertiary/aromatic N) is 2. The zero-order valence-electron chi connectivity index (χ0n) is 13.9. The second kappa shape index (κ2) is 7.76. The first-order valence-corrected chi connectivity index (χ1v) is 8.18. The molecule has 6 nitrogen and oxygen atoms in total. The number of ketones is 1. The molecular formula is C19H15ClN4O2. The molecule has 130 valence electrons. The summed E-state index contributed by atoms with van der Waals surface area (Å²) in [6.45, 7) is 1.49. The average molecular weight is 367 g/mol. The molecule has 26 heavy (non-hydrogen) atoms. The third-order valence-corrected chi connectivity index (χ3v) is 3.91. The molecule has 2 aromatic carbocycles. The highest BCUT2D eigenvalue weighted by atomic mass is 35.5. The molecule has 0 aliphatic carbocycles. The fourth-order valence-corrected chi connectivity index (χ4v) is 2.39. The summed E-state index contributed by atoms with van der Waals surface area (Å²) in [6, 6.07) is 17.1. The van der Waals surface area contributed by atoms with Gasteiger partial charge in [-0.1, -0.05) is 23.7 Å². The quantitative estimate of drug-likeness (QED) is 0.656. The molecule has 0 unspecified atom stereocenters. The molecule has 7 heteroatoms. The Bertz CT molecular complexity index is 941. The van der Waals surface area contributed by atoms with Crippen LogP contribution in [-0.4, -0.2) is 21.9 Å². The summed E-state index contributed by atoms with van der Waals surface area (Å²) in [5.74, 6) is 0.0492. The van der Waals surface area contributed by atoms with Gasteiger partial charge in [0.25, 0.3) is 5.91 Å². The zero-order chi connectivity index (χ0) is 18.5. The van der Waals surface area contributed by atoms with Gasteiger partial charge in [0.2, 0.25) is 0 Å². The van der Waals surface area contributed by atoms with E-state index in [9.17, 15) is 9.59 Å². The molecule has 3 rings (SSSR count). The average Bonchev–Trinajstić information content (AvgIpc) is 2.64. The van der Waals surface area contributed by atoms with Crippen molar-refractivity contribution in [3.05, 3.63) is 76.9 Å². The van der Waals surface area contributed by atoms with Gasteiger partial charge in [-0.15, -0.1) is 10.2 Å². The number of carbonyl (C=O) groups is 2. The van der Waals surface area contributed by atoms with Crippen LogP contribution >= 0.6 is 11.6 Å². The highest BCUT2D eigenvalue weighted by molar-refractivity contribution is 6.33. The normalized spacial score (nSPS) is 10.2. The number of aromatic nitrogens is 2. The van der Waals surface area contributed by atoms with E-state index in [1.54, 1.807) is 42.5 Å². The van der Waals surface area contributed by atoms with E-state index in [1.807, 2.05) is 18.2 Å². The van der Waals surface area contributed by atoms with E-state index in [2.05, 4.69) is 20.8 Å². The van der Waals surface area contributed by atoms with Crippen molar-refractivity contribution in [2.24, 2.45) is 0 Å². The van der Waals surface area contributed by atoms with Crippen LogP contribution in [0.4, 0.5) is 17.2 Å². The second-order valence-electron chi connectivity index (χ2n) is 5.50. The van der Waals surface area contributed by atoms with Crippen LogP contribution < -0.4 is 10.6 Å². The van der Waals surface area contributed by atoms with Crippen molar-refractivity contribution in [3.63, 3.8) is 0 Å². The van der Waals surface area contributed by atoms with Gasteiger partial charge in [-0.3, -0.25) is 9.59 Å². The van der Waals surface area contributed by atoms with Crippen LogP contribution in [0, 0.1) is 0 Å². The maximum atomic E-state index is 12.2. The fraction of sp³-hybridized carbons (Fsp3) is 0.0526. The van der Waals surface area contributed by atoms with Gasteiger partial charge in [0.1, 0.15) is 0 Å². The number of rotatable bonds is 5. The second-order valence-corrected chi connectivity index (χ2v) is 5.90. The van der Waals surface area contributed by atoms with Crippen LogP contribution in [0.3, 0.4) is 0 Å². The lowest BCUT2D eigenvalue weighted by Gasteiger charge is -2.08. The predicted molar refractivity (Wildman–Crippen MR) is 101 cm³/mol. The lowest BCUT2D eigenvalue weighted by atomic mass is 10.1. The number of carbonyl (C=O) groups excluding carboxylic acids is 2. The Morgan fingerprint density at radius 2 is 1.65 bits per heavy atom. The summed E-state index contributed by atoms with van der Waals surface area (Å²) in [6.07, 6.45) is 0. The van der Waals surface area contributed by atoms with Gasteiger partial charge in [0.15, 0.2) is 17.3 Å². The lowest BCUT2D eigenvalue weighted by molar-refractivity contribution is 0.101. The standard InChI is InChI=1S/C19H15ClN4O2/c1-12(25)13-6-8-14(9-7-13)21-19(26)17-10-11-18(24-23-17)22-16-5-3-2-4-15(16)20/h2-11H,1H3,(H,21,26)(H,22,24). The van der Waals surface area contributed by atoms with Crippen LogP contribution in [-0.2, 0) is 0 Å². The smallest absolute Gasteiger partial charge is 0.276 e. The number of nitrogens with one attached hydrogen (secondary N) is 2. The number of halogens is 1. The molecule has 0 atom stereocenters. The third-order valence-electron chi connectivity index (χ3n) is 3.58. The van der Waals surface area contributed by atoms with Crippen LogP contribution in [0.2, 0.25) is 5.02 Å². The predicted octanol–water partition coefficient (Wildman–Crippen LogP) is 4.33. The Labute approximate surface area is 155 Å². The van der Waals surface area contributed by atoms with E-state index in [0.29, 0.717) is 27.8 Å². The maximum absolute atomic E-state index is 12.2. The Balaban J connectivity index is 1.67. The van der Waals surface area contributed by atoms with Crippen molar-refractivity contribution in [1.29, 1.82) is 0 Å². The number of hydrogen-bond acceptors (Lipinski definition) is 5. The van der Waals surface area contributed by atoms with Gasteiger partial charge in [-0.25, -0.2) is 0 Å². The van der Waals surface area contributed by atoms with Gasteiger partial charge >= 0.3 is 0 Å². The Morgan fingerprint density at radius 3 is 2.27 bits per heavy atom. The van der Waals surface area contributed by atoms with Crippen molar-refractivity contribution < 1.29 is 9.59 Å². The molecule has 1 aromatic heterocycles. The summed E-state index contributed by atoms with van der Waals surface area (Å²) in [5.41, 5.74) is 2.02. The molecule has 0 saturated heterocycles. The van der Waals surface area contributed by atoms with Gasteiger partial charge in [0, 0.05) is 11.3 Å². The number of anilines is 3. The summed E-state index contributed by atoms with van der Waals surface area (Å²) in [7, 11) is 0. The van der Waals surface area contributed by atoms with Gasteiger partial charge in [-0.05, 0) is 55.5 Å². The molecule has 0 saturated carbocycles.